The number of fused-ring (bicyclic) bond motifs is 1. The smallest absolute Gasteiger partial charge is 0.289 e. The summed E-state index contributed by atoms with van der Waals surface area (Å²) < 4.78 is 22.1. The Morgan fingerprint density at radius 2 is 1.74 bits per heavy atom. The van der Waals surface area contributed by atoms with E-state index in [1.807, 2.05) is 18.2 Å². The van der Waals surface area contributed by atoms with Crippen molar-refractivity contribution in [2.24, 2.45) is 0 Å². The highest BCUT2D eigenvalue weighted by Gasteiger charge is 2.25. The molecule has 2 aromatic carbocycles. The molecule has 0 bridgehead atoms. The van der Waals surface area contributed by atoms with Crippen molar-refractivity contribution in [1.29, 1.82) is 0 Å². The molecule has 3 aromatic rings. The van der Waals surface area contributed by atoms with Gasteiger partial charge in [0.05, 0.1) is 4.92 Å². The molecule has 0 radical (unpaired) electrons. The van der Waals surface area contributed by atoms with Crippen LogP contribution in [-0.2, 0) is 13.2 Å². The highest BCUT2D eigenvalue weighted by molar-refractivity contribution is 5.91. The molecule has 0 unspecified atom stereocenters. The lowest BCUT2D eigenvalue weighted by Crippen LogP contribution is -2.48. The third kappa shape index (κ3) is 4.81. The van der Waals surface area contributed by atoms with E-state index in [4.69, 9.17) is 18.6 Å². The van der Waals surface area contributed by atoms with Crippen molar-refractivity contribution < 1.29 is 28.3 Å². The summed E-state index contributed by atoms with van der Waals surface area (Å²) in [6.45, 7) is 3.90. The number of nitrogens with zero attached hydrogens (tertiary/aromatic N) is 3. The van der Waals surface area contributed by atoms with E-state index >= 15 is 0 Å². The second kappa shape index (κ2) is 9.44. The van der Waals surface area contributed by atoms with Crippen LogP contribution in [0, 0.1) is 10.1 Å². The monoisotopic (exact) mass is 465 g/mol. The number of furan rings is 1. The Morgan fingerprint density at radius 1 is 0.971 bits per heavy atom. The van der Waals surface area contributed by atoms with Crippen molar-refractivity contribution in [1.82, 2.24) is 9.80 Å². The van der Waals surface area contributed by atoms with Crippen LogP contribution in [0.2, 0.25) is 0 Å². The van der Waals surface area contributed by atoms with Gasteiger partial charge in [0.2, 0.25) is 6.79 Å². The fourth-order valence-electron chi connectivity index (χ4n) is 3.95. The van der Waals surface area contributed by atoms with E-state index in [0.29, 0.717) is 24.6 Å². The van der Waals surface area contributed by atoms with Crippen LogP contribution in [-0.4, -0.2) is 53.6 Å². The lowest BCUT2D eigenvalue weighted by Gasteiger charge is -2.34. The molecule has 0 atom stereocenters. The van der Waals surface area contributed by atoms with Crippen LogP contribution in [0.25, 0.3) is 0 Å². The molecule has 0 spiro atoms. The first-order chi connectivity index (χ1) is 16.5. The maximum absolute atomic E-state index is 12.9. The first-order valence-electron chi connectivity index (χ1n) is 10.9. The average Bonchev–Trinajstić information content (AvgIpc) is 3.52. The number of nitro benzene ring substituents is 1. The van der Waals surface area contributed by atoms with Crippen LogP contribution >= 0.6 is 0 Å². The van der Waals surface area contributed by atoms with E-state index < -0.39 is 4.92 Å². The predicted molar refractivity (Wildman–Crippen MR) is 120 cm³/mol. The molecule has 10 nitrogen and oxygen atoms in total. The Hall–Kier alpha value is -4.05. The van der Waals surface area contributed by atoms with Crippen molar-refractivity contribution in [3.05, 3.63) is 81.8 Å². The van der Waals surface area contributed by atoms with Gasteiger partial charge in [-0.3, -0.25) is 19.8 Å². The first kappa shape index (κ1) is 21.8. The van der Waals surface area contributed by atoms with E-state index in [-0.39, 0.29) is 30.8 Å². The van der Waals surface area contributed by atoms with Gasteiger partial charge in [-0.15, -0.1) is 0 Å². The zero-order chi connectivity index (χ0) is 23.5. The lowest BCUT2D eigenvalue weighted by atomic mass is 10.1. The molecule has 0 aliphatic carbocycles. The van der Waals surface area contributed by atoms with Gasteiger partial charge in [0.1, 0.15) is 18.1 Å². The van der Waals surface area contributed by atoms with Gasteiger partial charge in [0.15, 0.2) is 17.3 Å². The Labute approximate surface area is 195 Å². The summed E-state index contributed by atoms with van der Waals surface area (Å²) in [4.78, 5) is 27.2. The molecular weight excluding hydrogens is 442 g/mol. The molecule has 1 saturated heterocycles. The minimum atomic E-state index is -0.467. The third-order valence-electron chi connectivity index (χ3n) is 5.80. The summed E-state index contributed by atoms with van der Waals surface area (Å²) in [5.74, 6) is 2.65. The normalized spacial score (nSPS) is 15.4. The molecule has 5 rings (SSSR count). The van der Waals surface area contributed by atoms with Crippen LogP contribution in [0.5, 0.6) is 17.2 Å². The summed E-state index contributed by atoms with van der Waals surface area (Å²) in [6.07, 6.45) is 0. The number of carbonyl (C=O) groups excluding carboxylic acids is 1. The molecule has 1 amide bonds. The Bertz CT molecular complexity index is 1180. The summed E-state index contributed by atoms with van der Waals surface area (Å²) in [6, 6.07) is 15.1. The summed E-state index contributed by atoms with van der Waals surface area (Å²) >= 11 is 0. The molecule has 176 valence electrons. The van der Waals surface area contributed by atoms with Gasteiger partial charge in [0.25, 0.3) is 11.6 Å². The first-order valence-corrected chi connectivity index (χ1v) is 10.9. The number of carbonyl (C=O) groups is 1. The van der Waals surface area contributed by atoms with Gasteiger partial charge in [-0.1, -0.05) is 6.07 Å². The van der Waals surface area contributed by atoms with Crippen LogP contribution in [0.3, 0.4) is 0 Å². The van der Waals surface area contributed by atoms with E-state index in [0.717, 1.165) is 36.7 Å². The Balaban J connectivity index is 1.11. The Kier molecular flexibility index (Phi) is 6.05. The van der Waals surface area contributed by atoms with E-state index in [9.17, 15) is 14.9 Å². The summed E-state index contributed by atoms with van der Waals surface area (Å²) in [7, 11) is 0. The fraction of sp³-hybridized carbons (Fsp3) is 0.292. The number of piperazine rings is 1. The SMILES string of the molecule is O=C(c1ccc(COc2ccc([N+](=O)[O-])cc2)o1)N1CCN(Cc2ccc3c(c2)OCO3)CC1. The number of hydrogen-bond donors (Lipinski definition) is 0. The number of nitro groups is 1. The number of non-ortho nitro benzene ring substituents is 1. The fourth-order valence-corrected chi connectivity index (χ4v) is 3.95. The lowest BCUT2D eigenvalue weighted by molar-refractivity contribution is -0.384. The van der Waals surface area contributed by atoms with Gasteiger partial charge in [-0.05, 0) is 42.0 Å². The molecule has 3 heterocycles. The predicted octanol–water partition coefficient (Wildman–Crippen LogP) is 3.45. The number of hydrogen-bond acceptors (Lipinski definition) is 8. The largest absolute Gasteiger partial charge is 0.486 e. The van der Waals surface area contributed by atoms with Crippen molar-refractivity contribution >= 4 is 11.6 Å². The minimum Gasteiger partial charge on any atom is -0.486 e. The molecule has 0 N–H and O–H groups in total. The van der Waals surface area contributed by atoms with Crippen molar-refractivity contribution in [2.75, 3.05) is 33.0 Å². The highest BCUT2D eigenvalue weighted by Crippen LogP contribution is 2.33. The maximum atomic E-state index is 12.9. The quantitative estimate of drug-likeness (QED) is 0.386. The van der Waals surface area contributed by atoms with Gasteiger partial charge in [-0.2, -0.15) is 0 Å². The van der Waals surface area contributed by atoms with E-state index in [2.05, 4.69) is 4.90 Å². The maximum Gasteiger partial charge on any atom is 0.289 e. The molecule has 2 aliphatic heterocycles. The number of amides is 1. The molecular formula is C24H23N3O7. The van der Waals surface area contributed by atoms with Crippen LogP contribution in [0.4, 0.5) is 5.69 Å². The molecule has 34 heavy (non-hydrogen) atoms. The van der Waals surface area contributed by atoms with Crippen LogP contribution in [0.15, 0.2) is 59.0 Å². The van der Waals surface area contributed by atoms with Gasteiger partial charge in [-0.25, -0.2) is 0 Å². The molecule has 1 aromatic heterocycles. The van der Waals surface area contributed by atoms with Gasteiger partial charge >= 0.3 is 0 Å². The van der Waals surface area contributed by atoms with E-state index in [1.165, 1.54) is 24.3 Å². The molecule has 2 aliphatic rings. The molecule has 10 heteroatoms. The third-order valence-corrected chi connectivity index (χ3v) is 5.80. The topological polar surface area (TPSA) is 108 Å². The Morgan fingerprint density at radius 3 is 2.50 bits per heavy atom. The van der Waals surface area contributed by atoms with Crippen molar-refractivity contribution in [2.45, 2.75) is 13.2 Å². The standard InChI is InChI=1S/C24H23N3O7/c28-24(22-8-6-20(34-22)15-31-19-4-2-18(3-5-19)27(29)30)26-11-9-25(10-12-26)14-17-1-7-21-23(13-17)33-16-32-21/h1-8,13H,9-12,14-16H2. The number of benzene rings is 2. The molecule has 1 fully saturated rings. The van der Waals surface area contributed by atoms with Crippen molar-refractivity contribution in [3.63, 3.8) is 0 Å². The number of rotatable bonds is 7. The molecule has 0 saturated carbocycles. The average molecular weight is 465 g/mol. The van der Waals surface area contributed by atoms with Gasteiger partial charge in [0, 0.05) is 44.9 Å². The van der Waals surface area contributed by atoms with Crippen LogP contribution in [0.1, 0.15) is 21.9 Å². The highest BCUT2D eigenvalue weighted by atomic mass is 16.7. The summed E-state index contributed by atoms with van der Waals surface area (Å²) in [5.41, 5.74) is 1.14. The van der Waals surface area contributed by atoms with E-state index in [1.54, 1.807) is 17.0 Å². The second-order valence-corrected chi connectivity index (χ2v) is 8.06. The summed E-state index contributed by atoms with van der Waals surface area (Å²) in [5, 5.41) is 10.7. The number of ether oxygens (including phenoxy) is 3. The minimum absolute atomic E-state index is 0.00535. The zero-order valence-corrected chi connectivity index (χ0v) is 18.3. The second-order valence-electron chi connectivity index (χ2n) is 8.06. The zero-order valence-electron chi connectivity index (χ0n) is 18.3. The van der Waals surface area contributed by atoms with Crippen LogP contribution < -0.4 is 14.2 Å². The van der Waals surface area contributed by atoms with Crippen molar-refractivity contribution in [3.8, 4) is 17.2 Å². The van der Waals surface area contributed by atoms with Gasteiger partial charge < -0.3 is 23.5 Å².